The highest BCUT2D eigenvalue weighted by atomic mass is 33.1. The Hall–Kier alpha value is 0.180. The molecule has 0 nitrogen and oxygen atoms in total. The maximum Gasteiger partial charge on any atom is -0.0178 e. The molecule has 1 rings (SSSR count). The summed E-state index contributed by atoms with van der Waals surface area (Å²) in [6.07, 6.45) is 4.06. The molecule has 0 unspecified atom stereocenters. The van der Waals surface area contributed by atoms with E-state index in [2.05, 4.69) is 10.8 Å². The monoisotopic (exact) mass is 116 g/mol. The molecule has 2 heteroatoms. The van der Waals surface area contributed by atoms with E-state index < -0.39 is 0 Å². The molecule has 0 aliphatic carbocycles. The van der Waals surface area contributed by atoms with E-state index in [0.717, 1.165) is 0 Å². The van der Waals surface area contributed by atoms with Gasteiger partial charge in [0.2, 0.25) is 0 Å². The molecule has 0 saturated heterocycles. The standard InChI is InChI=1S/C4H4S2/c1-2-4-6-5-3-1/h1-4H. The minimum atomic E-state index is 1.74. The summed E-state index contributed by atoms with van der Waals surface area (Å²) in [7, 11) is 3.49. The Morgan fingerprint density at radius 1 is 0.833 bits per heavy atom. The van der Waals surface area contributed by atoms with Gasteiger partial charge in [-0.1, -0.05) is 33.7 Å². The van der Waals surface area contributed by atoms with Crippen molar-refractivity contribution in [3.05, 3.63) is 23.0 Å². The summed E-state index contributed by atoms with van der Waals surface area (Å²) in [6.45, 7) is 0. The first-order chi connectivity index (χ1) is 3.00. The van der Waals surface area contributed by atoms with Crippen LogP contribution in [0, 0.1) is 0 Å². The highest BCUT2D eigenvalue weighted by Gasteiger charge is 1.78. The second-order valence-electron chi connectivity index (χ2n) is 0.850. The Morgan fingerprint density at radius 2 is 1.33 bits per heavy atom. The molecule has 0 aromatic carbocycles. The van der Waals surface area contributed by atoms with E-state index in [1.54, 1.807) is 21.6 Å². The van der Waals surface area contributed by atoms with E-state index in [0.29, 0.717) is 0 Å². The zero-order chi connectivity index (χ0) is 4.24. The lowest BCUT2D eigenvalue weighted by Crippen LogP contribution is -1.49. The normalized spacial score (nSPS) is 18.7. The maximum atomic E-state index is 2.06. The molecule has 0 aromatic rings. The van der Waals surface area contributed by atoms with Crippen LogP contribution in [0.5, 0.6) is 0 Å². The molecular formula is C4H4S2. The Balaban J connectivity index is 2.46. The fraction of sp³-hybridized carbons (Fsp3) is 0. The third-order valence-corrected chi connectivity index (χ3v) is 2.08. The van der Waals surface area contributed by atoms with Crippen molar-refractivity contribution in [1.82, 2.24) is 0 Å². The van der Waals surface area contributed by atoms with Crippen LogP contribution in [0.2, 0.25) is 0 Å². The Bertz CT molecular complexity index is 71.5. The summed E-state index contributed by atoms with van der Waals surface area (Å²) in [5.41, 5.74) is 0. The molecule has 0 fully saturated rings. The maximum absolute atomic E-state index is 2.06. The van der Waals surface area contributed by atoms with Crippen molar-refractivity contribution in [2.75, 3.05) is 0 Å². The van der Waals surface area contributed by atoms with E-state index in [4.69, 9.17) is 0 Å². The lowest BCUT2D eigenvalue weighted by molar-refractivity contribution is 2.10. The highest BCUT2D eigenvalue weighted by Crippen LogP contribution is 2.26. The van der Waals surface area contributed by atoms with Crippen LogP contribution in [0.1, 0.15) is 0 Å². The van der Waals surface area contributed by atoms with Crippen molar-refractivity contribution in [3.8, 4) is 0 Å². The molecule has 0 radical (unpaired) electrons. The molecule has 0 amide bonds. The summed E-state index contributed by atoms with van der Waals surface area (Å²) >= 11 is 0. The summed E-state index contributed by atoms with van der Waals surface area (Å²) in [6, 6.07) is 0. The van der Waals surface area contributed by atoms with Gasteiger partial charge in [-0.05, 0) is 10.8 Å². The van der Waals surface area contributed by atoms with Gasteiger partial charge in [-0.25, -0.2) is 0 Å². The first-order valence-electron chi connectivity index (χ1n) is 1.64. The van der Waals surface area contributed by atoms with Gasteiger partial charge in [-0.3, -0.25) is 0 Å². The summed E-state index contributed by atoms with van der Waals surface area (Å²) < 4.78 is 0. The Labute approximate surface area is 45.1 Å². The van der Waals surface area contributed by atoms with Gasteiger partial charge >= 0.3 is 0 Å². The molecule has 0 saturated carbocycles. The number of allylic oxidation sites excluding steroid dienone is 2. The Kier molecular flexibility index (Phi) is 1.71. The fourth-order valence-electron chi connectivity index (χ4n) is 0.219. The van der Waals surface area contributed by atoms with Gasteiger partial charge in [0, 0.05) is 0 Å². The minimum Gasteiger partial charge on any atom is -0.0612 e. The molecule has 0 bridgehead atoms. The molecule has 1 aliphatic rings. The molecule has 0 atom stereocenters. The van der Waals surface area contributed by atoms with Crippen LogP contribution in [-0.2, 0) is 0 Å². The summed E-state index contributed by atoms with van der Waals surface area (Å²) in [5, 5.41) is 4.12. The molecule has 1 heterocycles. The molecule has 1 aliphatic heterocycles. The van der Waals surface area contributed by atoms with Crippen LogP contribution in [0.15, 0.2) is 23.0 Å². The molecule has 0 N–H and O–H groups in total. The fourth-order valence-corrected chi connectivity index (χ4v) is 1.43. The van der Waals surface area contributed by atoms with E-state index in [1.807, 2.05) is 12.2 Å². The lowest BCUT2D eigenvalue weighted by atomic mass is 10.6. The van der Waals surface area contributed by atoms with Gasteiger partial charge in [0.15, 0.2) is 0 Å². The smallest absolute Gasteiger partial charge is 0.0178 e. The zero-order valence-electron chi connectivity index (χ0n) is 3.13. The van der Waals surface area contributed by atoms with Gasteiger partial charge in [0.05, 0.1) is 0 Å². The highest BCUT2D eigenvalue weighted by molar-refractivity contribution is 8.79. The SMILES string of the molecule is C1=CSSC=C1. The quantitative estimate of drug-likeness (QED) is 0.446. The average molecular weight is 116 g/mol. The van der Waals surface area contributed by atoms with Crippen LogP contribution in [-0.4, -0.2) is 0 Å². The summed E-state index contributed by atoms with van der Waals surface area (Å²) in [5.74, 6) is 0. The first-order valence-corrected chi connectivity index (χ1v) is 3.91. The average Bonchev–Trinajstić information content (AvgIpc) is 1.72. The van der Waals surface area contributed by atoms with E-state index in [9.17, 15) is 0 Å². The molecule has 0 spiro atoms. The van der Waals surface area contributed by atoms with Gasteiger partial charge in [-0.15, -0.1) is 0 Å². The van der Waals surface area contributed by atoms with E-state index in [1.165, 1.54) is 0 Å². The van der Waals surface area contributed by atoms with Crippen LogP contribution in [0.25, 0.3) is 0 Å². The van der Waals surface area contributed by atoms with E-state index in [-0.39, 0.29) is 0 Å². The third kappa shape index (κ3) is 1.11. The lowest BCUT2D eigenvalue weighted by Gasteiger charge is -1.87. The zero-order valence-corrected chi connectivity index (χ0v) is 4.76. The number of rotatable bonds is 0. The minimum absolute atomic E-state index is 1.74. The van der Waals surface area contributed by atoms with Crippen molar-refractivity contribution in [1.29, 1.82) is 0 Å². The van der Waals surface area contributed by atoms with Crippen molar-refractivity contribution in [2.45, 2.75) is 0 Å². The van der Waals surface area contributed by atoms with Crippen molar-refractivity contribution >= 4 is 21.6 Å². The van der Waals surface area contributed by atoms with Crippen molar-refractivity contribution in [3.63, 3.8) is 0 Å². The first kappa shape index (κ1) is 4.34. The third-order valence-electron chi connectivity index (χ3n) is 0.435. The van der Waals surface area contributed by atoms with E-state index >= 15 is 0 Å². The summed E-state index contributed by atoms with van der Waals surface area (Å²) in [4.78, 5) is 0. The number of hydrogen-bond donors (Lipinski definition) is 0. The van der Waals surface area contributed by atoms with Crippen LogP contribution in [0.3, 0.4) is 0 Å². The van der Waals surface area contributed by atoms with Gasteiger partial charge < -0.3 is 0 Å². The van der Waals surface area contributed by atoms with Crippen molar-refractivity contribution < 1.29 is 0 Å². The molecule has 6 heavy (non-hydrogen) atoms. The number of hydrogen-bond acceptors (Lipinski definition) is 2. The van der Waals surface area contributed by atoms with Crippen LogP contribution < -0.4 is 0 Å². The largest absolute Gasteiger partial charge is 0.0612 e. The second kappa shape index (κ2) is 2.37. The van der Waals surface area contributed by atoms with Gasteiger partial charge in [0.25, 0.3) is 0 Å². The molecular weight excluding hydrogens is 112 g/mol. The van der Waals surface area contributed by atoms with Gasteiger partial charge in [-0.2, -0.15) is 0 Å². The Morgan fingerprint density at radius 3 is 1.50 bits per heavy atom. The van der Waals surface area contributed by atoms with Crippen molar-refractivity contribution in [2.24, 2.45) is 0 Å². The predicted octanol–water partition coefficient (Wildman–Crippen LogP) is 2.41. The van der Waals surface area contributed by atoms with Crippen LogP contribution >= 0.6 is 21.6 Å². The topological polar surface area (TPSA) is 0 Å². The molecule has 32 valence electrons. The predicted molar refractivity (Wildman–Crippen MR) is 33.5 cm³/mol. The van der Waals surface area contributed by atoms with Gasteiger partial charge in [0.1, 0.15) is 0 Å². The molecule has 0 aromatic heterocycles. The second-order valence-corrected chi connectivity index (χ2v) is 2.93. The van der Waals surface area contributed by atoms with Crippen LogP contribution in [0.4, 0.5) is 0 Å².